The third kappa shape index (κ3) is 3.53. The van der Waals surface area contributed by atoms with Gasteiger partial charge in [0.1, 0.15) is 0 Å². The minimum absolute atomic E-state index is 1.10. The summed E-state index contributed by atoms with van der Waals surface area (Å²) in [5, 5.41) is 0. The van der Waals surface area contributed by atoms with Crippen molar-refractivity contribution >= 4 is 31.9 Å². The molecule has 0 atom stereocenters. The molecular weight excluding hydrogens is 448 g/mol. The zero-order valence-electron chi connectivity index (χ0n) is 14.0. The van der Waals surface area contributed by atoms with Crippen LogP contribution in [0, 0.1) is 0 Å². The summed E-state index contributed by atoms with van der Waals surface area (Å²) in [5.41, 5.74) is 7.23. The molecule has 0 aliphatic rings. The molecule has 4 aromatic rings. The van der Waals surface area contributed by atoms with E-state index in [9.17, 15) is 0 Å². The van der Waals surface area contributed by atoms with Gasteiger partial charge in [0.05, 0.1) is 0 Å². The predicted octanol–water partition coefficient (Wildman–Crippen LogP) is 8.21. The van der Waals surface area contributed by atoms with Crippen LogP contribution in [0.15, 0.2) is 106 Å². The normalized spacial score (nSPS) is 10.7. The van der Waals surface area contributed by atoms with E-state index in [1.54, 1.807) is 0 Å². The Morgan fingerprint density at radius 1 is 0.385 bits per heavy atom. The molecular formula is C24H16Br2. The second-order valence-corrected chi connectivity index (χ2v) is 7.83. The maximum atomic E-state index is 3.70. The zero-order valence-corrected chi connectivity index (χ0v) is 17.2. The lowest BCUT2D eigenvalue weighted by atomic mass is 9.96. The van der Waals surface area contributed by atoms with Gasteiger partial charge in [-0.05, 0) is 57.6 Å². The Morgan fingerprint density at radius 3 is 1.15 bits per heavy atom. The molecule has 0 fully saturated rings. The Morgan fingerprint density at radius 2 is 0.769 bits per heavy atom. The molecule has 0 unspecified atom stereocenters. The Labute approximate surface area is 170 Å². The van der Waals surface area contributed by atoms with Crippen LogP contribution in [0.5, 0.6) is 0 Å². The molecule has 4 rings (SSSR count). The van der Waals surface area contributed by atoms with Crippen molar-refractivity contribution in [3.63, 3.8) is 0 Å². The Balaban J connectivity index is 1.82. The smallest absolute Gasteiger partial charge is 0.0254 e. The summed E-state index contributed by atoms with van der Waals surface area (Å²) in [6, 6.07) is 34.0. The second-order valence-electron chi connectivity index (χ2n) is 6.12. The average molecular weight is 464 g/mol. The fourth-order valence-electron chi connectivity index (χ4n) is 3.09. The topological polar surface area (TPSA) is 0 Å². The van der Waals surface area contributed by atoms with Gasteiger partial charge in [0.25, 0.3) is 0 Å². The summed E-state index contributed by atoms with van der Waals surface area (Å²) >= 11 is 7.39. The number of benzene rings is 4. The molecule has 0 nitrogen and oxygen atoms in total. The van der Waals surface area contributed by atoms with E-state index in [1.807, 2.05) is 12.1 Å². The van der Waals surface area contributed by atoms with Gasteiger partial charge < -0.3 is 0 Å². The molecule has 0 radical (unpaired) electrons. The standard InChI is InChI=1S/C24H16Br2/c25-23-13-11-19(15-21(23)17-7-3-1-4-8-17)20-12-14-24(26)22(16-20)18-9-5-2-6-10-18/h1-16H. The van der Waals surface area contributed by atoms with Crippen LogP contribution in [0.2, 0.25) is 0 Å². The summed E-state index contributed by atoms with van der Waals surface area (Å²) in [5.74, 6) is 0. The maximum Gasteiger partial charge on any atom is 0.0254 e. The van der Waals surface area contributed by atoms with Crippen molar-refractivity contribution in [2.75, 3.05) is 0 Å². The summed E-state index contributed by atoms with van der Waals surface area (Å²) in [7, 11) is 0. The van der Waals surface area contributed by atoms with E-state index in [0.717, 1.165) is 8.95 Å². The van der Waals surface area contributed by atoms with Gasteiger partial charge in [0.2, 0.25) is 0 Å². The number of halogens is 2. The van der Waals surface area contributed by atoms with E-state index in [0.29, 0.717) is 0 Å². The molecule has 26 heavy (non-hydrogen) atoms. The Hall–Kier alpha value is -2.16. The van der Waals surface area contributed by atoms with E-state index in [4.69, 9.17) is 0 Å². The quantitative estimate of drug-likeness (QED) is 0.287. The molecule has 2 heteroatoms. The molecule has 0 saturated heterocycles. The van der Waals surface area contributed by atoms with Gasteiger partial charge in [-0.15, -0.1) is 0 Å². The molecule has 0 aliphatic heterocycles. The largest absolute Gasteiger partial charge is 0.0622 e. The van der Waals surface area contributed by atoms with Crippen molar-refractivity contribution in [1.82, 2.24) is 0 Å². The zero-order chi connectivity index (χ0) is 17.9. The molecule has 0 aromatic heterocycles. The van der Waals surface area contributed by atoms with Crippen LogP contribution in [-0.2, 0) is 0 Å². The summed E-state index contributed by atoms with van der Waals surface area (Å²) in [4.78, 5) is 0. The molecule has 0 bridgehead atoms. The fraction of sp³-hybridized carbons (Fsp3) is 0. The first-order valence-electron chi connectivity index (χ1n) is 8.43. The van der Waals surface area contributed by atoms with Crippen LogP contribution >= 0.6 is 31.9 Å². The van der Waals surface area contributed by atoms with E-state index in [2.05, 4.69) is 117 Å². The van der Waals surface area contributed by atoms with Crippen molar-refractivity contribution in [2.45, 2.75) is 0 Å². The van der Waals surface area contributed by atoms with Crippen LogP contribution in [0.3, 0.4) is 0 Å². The minimum Gasteiger partial charge on any atom is -0.0622 e. The van der Waals surface area contributed by atoms with Crippen LogP contribution in [-0.4, -0.2) is 0 Å². The first kappa shape index (κ1) is 17.3. The van der Waals surface area contributed by atoms with Crippen molar-refractivity contribution in [1.29, 1.82) is 0 Å². The molecule has 0 heterocycles. The summed E-state index contributed by atoms with van der Waals surface area (Å²) < 4.78 is 2.21. The molecule has 0 N–H and O–H groups in total. The van der Waals surface area contributed by atoms with Gasteiger partial charge in [-0.25, -0.2) is 0 Å². The summed E-state index contributed by atoms with van der Waals surface area (Å²) in [6.45, 7) is 0. The first-order chi connectivity index (χ1) is 12.7. The third-order valence-electron chi connectivity index (χ3n) is 4.44. The third-order valence-corrected chi connectivity index (χ3v) is 5.82. The van der Waals surface area contributed by atoms with Crippen LogP contribution < -0.4 is 0 Å². The second kappa shape index (κ2) is 7.61. The highest BCUT2D eigenvalue weighted by atomic mass is 79.9. The monoisotopic (exact) mass is 462 g/mol. The molecule has 0 saturated carbocycles. The highest BCUT2D eigenvalue weighted by Crippen LogP contribution is 2.36. The Kier molecular flexibility index (Phi) is 5.05. The molecule has 0 aliphatic carbocycles. The molecule has 4 aromatic carbocycles. The predicted molar refractivity (Wildman–Crippen MR) is 118 cm³/mol. The van der Waals surface area contributed by atoms with Crippen molar-refractivity contribution in [2.24, 2.45) is 0 Å². The fourth-order valence-corrected chi connectivity index (χ4v) is 4.04. The average Bonchev–Trinajstić information content (AvgIpc) is 2.70. The van der Waals surface area contributed by atoms with Crippen LogP contribution in [0.1, 0.15) is 0 Å². The first-order valence-corrected chi connectivity index (χ1v) is 10.0. The lowest BCUT2D eigenvalue weighted by molar-refractivity contribution is 1.54. The van der Waals surface area contributed by atoms with E-state index < -0.39 is 0 Å². The number of rotatable bonds is 3. The molecule has 0 amide bonds. The Bertz CT molecular complexity index is 951. The van der Waals surface area contributed by atoms with Gasteiger partial charge in [-0.2, -0.15) is 0 Å². The van der Waals surface area contributed by atoms with Gasteiger partial charge >= 0.3 is 0 Å². The van der Waals surface area contributed by atoms with Gasteiger partial charge in [0, 0.05) is 8.95 Å². The van der Waals surface area contributed by atoms with Gasteiger partial charge in [0.15, 0.2) is 0 Å². The highest BCUT2D eigenvalue weighted by molar-refractivity contribution is 9.11. The van der Waals surface area contributed by atoms with Crippen molar-refractivity contribution < 1.29 is 0 Å². The minimum atomic E-state index is 1.10. The SMILES string of the molecule is Brc1ccc(-c2ccc(Br)c(-c3ccccc3)c2)cc1-c1ccccc1. The highest BCUT2D eigenvalue weighted by Gasteiger charge is 2.09. The van der Waals surface area contributed by atoms with E-state index in [-0.39, 0.29) is 0 Å². The number of hydrogen-bond donors (Lipinski definition) is 0. The maximum absolute atomic E-state index is 3.70. The molecule has 0 spiro atoms. The van der Waals surface area contributed by atoms with E-state index in [1.165, 1.54) is 33.4 Å². The van der Waals surface area contributed by atoms with Crippen molar-refractivity contribution in [3.05, 3.63) is 106 Å². The van der Waals surface area contributed by atoms with Crippen LogP contribution in [0.25, 0.3) is 33.4 Å². The lowest BCUT2D eigenvalue weighted by Gasteiger charge is -2.11. The van der Waals surface area contributed by atoms with Crippen LogP contribution in [0.4, 0.5) is 0 Å². The van der Waals surface area contributed by atoms with Crippen molar-refractivity contribution in [3.8, 4) is 33.4 Å². The molecule has 126 valence electrons. The lowest BCUT2D eigenvalue weighted by Crippen LogP contribution is -1.86. The number of hydrogen-bond acceptors (Lipinski definition) is 0. The summed E-state index contributed by atoms with van der Waals surface area (Å²) in [6.07, 6.45) is 0. The van der Waals surface area contributed by atoms with Gasteiger partial charge in [-0.1, -0.05) is 105 Å². The van der Waals surface area contributed by atoms with Gasteiger partial charge in [-0.3, -0.25) is 0 Å². The van der Waals surface area contributed by atoms with E-state index >= 15 is 0 Å².